The number of nitriles is 1. The highest BCUT2D eigenvalue weighted by Crippen LogP contribution is 2.19. The molecule has 0 radical (unpaired) electrons. The van der Waals surface area contributed by atoms with E-state index in [-0.39, 0.29) is 5.56 Å². The number of aromatic amines is 2. The third-order valence-electron chi connectivity index (χ3n) is 4.46. The first-order valence-corrected chi connectivity index (χ1v) is 8.52. The number of allylic oxidation sites excluding steroid dienone is 1. The fourth-order valence-corrected chi connectivity index (χ4v) is 2.98. The monoisotopic (exact) mass is 355 g/mol. The second-order valence-electron chi connectivity index (χ2n) is 6.40. The number of nitrogens with one attached hydrogen (secondary N) is 2. The number of hydrogen-bond donors (Lipinski definition) is 2. The Balaban J connectivity index is 1.81. The molecule has 4 rings (SSSR count). The van der Waals surface area contributed by atoms with Gasteiger partial charge in [-0.05, 0) is 44.2 Å². The number of imidazole rings is 1. The maximum absolute atomic E-state index is 12.9. The number of aromatic nitrogens is 4. The molecule has 0 fully saturated rings. The predicted molar refractivity (Wildman–Crippen MR) is 105 cm³/mol. The van der Waals surface area contributed by atoms with Gasteiger partial charge in [-0.15, -0.1) is 0 Å². The van der Waals surface area contributed by atoms with E-state index < -0.39 is 0 Å². The Morgan fingerprint density at radius 1 is 1.15 bits per heavy atom. The number of benzene rings is 2. The van der Waals surface area contributed by atoms with Crippen molar-refractivity contribution < 1.29 is 0 Å². The first-order valence-electron chi connectivity index (χ1n) is 8.52. The standard InChI is InChI=1S/C21H17N5O/c1-13-7-9-16(10-8-13)26-21(27)17(14(2)25-26)11-15(12-22)20-23-18-5-3-4-6-19(18)24-20/h3-11,25H,1-2H3,(H,23,24)/b15-11+. The fraction of sp³-hybridized carbons (Fsp3) is 0.0952. The Hall–Kier alpha value is -3.85. The lowest BCUT2D eigenvalue weighted by Gasteiger charge is -2.01. The lowest BCUT2D eigenvalue weighted by Crippen LogP contribution is -2.15. The minimum atomic E-state index is -0.208. The minimum absolute atomic E-state index is 0.208. The summed E-state index contributed by atoms with van der Waals surface area (Å²) in [4.78, 5) is 20.5. The molecule has 0 aliphatic carbocycles. The van der Waals surface area contributed by atoms with Gasteiger partial charge in [0.15, 0.2) is 0 Å². The zero-order valence-corrected chi connectivity index (χ0v) is 14.9. The second-order valence-corrected chi connectivity index (χ2v) is 6.40. The van der Waals surface area contributed by atoms with Crippen LogP contribution in [0.25, 0.3) is 28.4 Å². The molecule has 0 atom stereocenters. The van der Waals surface area contributed by atoms with E-state index in [1.54, 1.807) is 6.08 Å². The minimum Gasteiger partial charge on any atom is -0.337 e. The van der Waals surface area contributed by atoms with Gasteiger partial charge in [0.05, 0.1) is 27.9 Å². The molecule has 0 saturated heterocycles. The molecule has 27 heavy (non-hydrogen) atoms. The van der Waals surface area contributed by atoms with Gasteiger partial charge in [-0.3, -0.25) is 9.89 Å². The van der Waals surface area contributed by atoms with Crippen molar-refractivity contribution in [1.82, 2.24) is 19.7 Å². The van der Waals surface area contributed by atoms with Gasteiger partial charge in [0.25, 0.3) is 5.56 Å². The van der Waals surface area contributed by atoms with Crippen LogP contribution in [0.1, 0.15) is 22.6 Å². The largest absolute Gasteiger partial charge is 0.337 e. The van der Waals surface area contributed by atoms with Gasteiger partial charge in [-0.25, -0.2) is 9.67 Å². The van der Waals surface area contributed by atoms with Crippen molar-refractivity contribution in [3.8, 4) is 11.8 Å². The summed E-state index contributed by atoms with van der Waals surface area (Å²) in [7, 11) is 0. The number of para-hydroxylation sites is 2. The number of hydrogen-bond acceptors (Lipinski definition) is 3. The Morgan fingerprint density at radius 3 is 2.59 bits per heavy atom. The van der Waals surface area contributed by atoms with Gasteiger partial charge in [-0.2, -0.15) is 5.26 Å². The van der Waals surface area contributed by atoms with Crippen LogP contribution in [0.4, 0.5) is 0 Å². The summed E-state index contributed by atoms with van der Waals surface area (Å²) in [5.74, 6) is 0.445. The fourth-order valence-electron chi connectivity index (χ4n) is 2.98. The summed E-state index contributed by atoms with van der Waals surface area (Å²) in [6.45, 7) is 3.80. The lowest BCUT2D eigenvalue weighted by atomic mass is 10.1. The summed E-state index contributed by atoms with van der Waals surface area (Å²) < 4.78 is 1.48. The highest BCUT2D eigenvalue weighted by Gasteiger charge is 2.14. The summed E-state index contributed by atoms with van der Waals surface area (Å²) in [5, 5.41) is 12.7. The van der Waals surface area contributed by atoms with Crippen LogP contribution < -0.4 is 5.56 Å². The van der Waals surface area contributed by atoms with E-state index in [9.17, 15) is 10.1 Å². The second kappa shape index (κ2) is 6.46. The first kappa shape index (κ1) is 16.6. The van der Waals surface area contributed by atoms with Gasteiger partial charge < -0.3 is 4.98 Å². The highest BCUT2D eigenvalue weighted by atomic mass is 16.1. The summed E-state index contributed by atoms with van der Waals surface area (Å²) >= 11 is 0. The molecular formula is C21H17N5O. The average molecular weight is 355 g/mol. The molecule has 2 N–H and O–H groups in total. The van der Waals surface area contributed by atoms with Crippen LogP contribution in [0.3, 0.4) is 0 Å². The molecule has 0 aliphatic heterocycles. The molecule has 0 aliphatic rings. The average Bonchev–Trinajstić information content (AvgIpc) is 3.22. The number of fused-ring (bicyclic) bond motifs is 1. The molecule has 0 unspecified atom stereocenters. The Morgan fingerprint density at radius 2 is 1.89 bits per heavy atom. The first-order chi connectivity index (χ1) is 13.1. The maximum atomic E-state index is 12.9. The SMILES string of the molecule is Cc1ccc(-n2[nH]c(C)c(/C=C(\C#N)c3nc4ccccc4[nH]3)c2=O)cc1. The van der Waals surface area contributed by atoms with Gasteiger partial charge in [0.1, 0.15) is 11.9 Å². The van der Waals surface area contributed by atoms with Gasteiger partial charge in [0, 0.05) is 5.69 Å². The Labute approximate surface area is 155 Å². The van der Waals surface area contributed by atoms with E-state index >= 15 is 0 Å². The van der Waals surface area contributed by atoms with Crippen LogP contribution in [-0.2, 0) is 0 Å². The predicted octanol–water partition coefficient (Wildman–Crippen LogP) is 3.72. The molecule has 0 spiro atoms. The van der Waals surface area contributed by atoms with E-state index in [1.165, 1.54) is 4.68 Å². The van der Waals surface area contributed by atoms with Crippen molar-refractivity contribution in [3.63, 3.8) is 0 Å². The van der Waals surface area contributed by atoms with Gasteiger partial charge in [0.2, 0.25) is 0 Å². The van der Waals surface area contributed by atoms with Crippen molar-refractivity contribution >= 4 is 22.7 Å². The molecule has 2 aromatic carbocycles. The normalized spacial score (nSPS) is 11.7. The van der Waals surface area contributed by atoms with Crippen molar-refractivity contribution in [2.24, 2.45) is 0 Å². The molecule has 0 bridgehead atoms. The maximum Gasteiger partial charge on any atom is 0.278 e. The number of nitrogens with zero attached hydrogens (tertiary/aromatic N) is 3. The van der Waals surface area contributed by atoms with Crippen LogP contribution >= 0.6 is 0 Å². The molecule has 0 saturated carbocycles. The zero-order valence-electron chi connectivity index (χ0n) is 14.9. The molecular weight excluding hydrogens is 338 g/mol. The van der Waals surface area contributed by atoms with Crippen LogP contribution in [0.15, 0.2) is 53.3 Å². The summed E-state index contributed by atoms with van der Waals surface area (Å²) in [6.07, 6.45) is 1.58. The molecule has 4 aromatic rings. The quantitative estimate of drug-likeness (QED) is 0.549. The molecule has 2 aromatic heterocycles. The van der Waals surface area contributed by atoms with E-state index in [2.05, 4.69) is 21.1 Å². The third kappa shape index (κ3) is 2.96. The van der Waals surface area contributed by atoms with E-state index in [0.29, 0.717) is 22.7 Å². The van der Waals surface area contributed by atoms with E-state index in [1.807, 2.05) is 62.4 Å². The van der Waals surface area contributed by atoms with Crippen LogP contribution in [0, 0.1) is 25.2 Å². The molecule has 6 heteroatoms. The van der Waals surface area contributed by atoms with Crippen molar-refractivity contribution in [2.45, 2.75) is 13.8 Å². The Kier molecular flexibility index (Phi) is 3.98. The van der Waals surface area contributed by atoms with Gasteiger partial charge in [-0.1, -0.05) is 29.8 Å². The Bertz CT molecular complexity index is 1230. The van der Waals surface area contributed by atoms with Crippen molar-refractivity contribution in [2.75, 3.05) is 0 Å². The smallest absolute Gasteiger partial charge is 0.278 e. The van der Waals surface area contributed by atoms with E-state index in [0.717, 1.165) is 22.3 Å². The third-order valence-corrected chi connectivity index (χ3v) is 4.46. The number of rotatable bonds is 3. The topological polar surface area (TPSA) is 90.3 Å². The summed E-state index contributed by atoms with van der Waals surface area (Å²) in [6, 6.07) is 17.4. The molecule has 0 amide bonds. The van der Waals surface area contributed by atoms with Crippen molar-refractivity contribution in [1.29, 1.82) is 5.26 Å². The number of H-pyrrole nitrogens is 2. The molecule has 6 nitrogen and oxygen atoms in total. The number of aryl methyl sites for hydroxylation is 2. The van der Waals surface area contributed by atoms with E-state index in [4.69, 9.17) is 0 Å². The van der Waals surface area contributed by atoms with Gasteiger partial charge >= 0.3 is 0 Å². The highest BCUT2D eigenvalue weighted by molar-refractivity contribution is 5.90. The molecule has 132 valence electrons. The lowest BCUT2D eigenvalue weighted by molar-refractivity contribution is 0.835. The van der Waals surface area contributed by atoms with Crippen molar-refractivity contribution in [3.05, 3.63) is 81.5 Å². The zero-order chi connectivity index (χ0) is 19.0. The van der Waals surface area contributed by atoms with Crippen LogP contribution in [0.2, 0.25) is 0 Å². The molecule has 2 heterocycles. The van der Waals surface area contributed by atoms with Crippen LogP contribution in [0.5, 0.6) is 0 Å². The summed E-state index contributed by atoms with van der Waals surface area (Å²) in [5.41, 5.74) is 4.70. The van der Waals surface area contributed by atoms with Crippen LogP contribution in [-0.4, -0.2) is 19.7 Å².